The van der Waals surface area contributed by atoms with Crippen molar-refractivity contribution in [3.63, 3.8) is 0 Å². The number of H-pyrrole nitrogens is 1. The van der Waals surface area contributed by atoms with E-state index in [9.17, 15) is 18.0 Å². The van der Waals surface area contributed by atoms with Crippen molar-refractivity contribution in [2.24, 2.45) is 5.10 Å². The summed E-state index contributed by atoms with van der Waals surface area (Å²) < 4.78 is 40.2. The second-order valence-electron chi connectivity index (χ2n) is 6.70. The van der Waals surface area contributed by atoms with E-state index in [1.807, 2.05) is 24.3 Å². The number of fused-ring (bicyclic) bond motifs is 1. The highest BCUT2D eigenvalue weighted by Crippen LogP contribution is 2.31. The first-order valence-corrected chi connectivity index (χ1v) is 9.46. The molecule has 0 atom stereocenters. The van der Waals surface area contributed by atoms with Gasteiger partial charge >= 0.3 is 6.18 Å². The smallest absolute Gasteiger partial charge is 0.360 e. The van der Waals surface area contributed by atoms with Crippen molar-refractivity contribution in [1.29, 1.82) is 0 Å². The highest BCUT2D eigenvalue weighted by atomic mass is 35.5. The number of aromatic amines is 1. The topological polar surface area (TPSA) is 75.1 Å². The molecule has 1 amide bonds. The minimum atomic E-state index is -4.48. The lowest BCUT2D eigenvalue weighted by Gasteiger charge is -2.09. The first-order chi connectivity index (χ1) is 14.8. The zero-order valence-electron chi connectivity index (χ0n) is 16.0. The average Bonchev–Trinajstić information content (AvgIpc) is 3.29. The van der Waals surface area contributed by atoms with Gasteiger partial charge in [-0.2, -0.15) is 23.4 Å². The van der Waals surface area contributed by atoms with Crippen molar-refractivity contribution in [2.75, 3.05) is 0 Å². The summed E-state index contributed by atoms with van der Waals surface area (Å²) in [6.45, 7) is 1.64. The Kier molecular flexibility index (Phi) is 5.28. The lowest BCUT2D eigenvalue weighted by molar-refractivity contribution is -0.137. The van der Waals surface area contributed by atoms with Crippen LogP contribution in [0.2, 0.25) is 5.15 Å². The number of carbonyl (C=O) groups is 1. The fraction of sp³-hybridized carbons (Fsp3) is 0.0952. The molecular formula is C21H15ClF3N5O. The standard InChI is InChI=1S/C21H15ClF3N5O/c1-12-16(11-27-28-20(31)17-10-26-18-8-3-2-7-15(17)18)19(22)30(29-12)14-6-4-5-13(9-14)21(23,24)25/h2-11,26H,1H3,(H,28,31)/b27-11+. The molecule has 2 N–H and O–H groups in total. The molecule has 0 spiro atoms. The molecule has 0 fully saturated rings. The van der Waals surface area contributed by atoms with Gasteiger partial charge < -0.3 is 4.98 Å². The van der Waals surface area contributed by atoms with Gasteiger partial charge in [-0.25, -0.2) is 10.1 Å². The van der Waals surface area contributed by atoms with Gasteiger partial charge in [-0.1, -0.05) is 35.9 Å². The lowest BCUT2D eigenvalue weighted by atomic mass is 10.2. The van der Waals surface area contributed by atoms with Gasteiger partial charge in [0.2, 0.25) is 0 Å². The monoisotopic (exact) mass is 445 g/mol. The van der Waals surface area contributed by atoms with Gasteiger partial charge in [0.05, 0.1) is 34.3 Å². The molecule has 6 nitrogen and oxygen atoms in total. The number of alkyl halides is 3. The van der Waals surface area contributed by atoms with E-state index in [0.29, 0.717) is 16.8 Å². The predicted octanol–water partition coefficient (Wildman–Crippen LogP) is 5.10. The number of benzene rings is 2. The summed E-state index contributed by atoms with van der Waals surface area (Å²) in [6, 6.07) is 12.0. The Balaban J connectivity index is 1.57. The minimum absolute atomic E-state index is 0.0712. The van der Waals surface area contributed by atoms with Crippen LogP contribution in [0.3, 0.4) is 0 Å². The summed E-state index contributed by atoms with van der Waals surface area (Å²) in [5.41, 5.74) is 3.83. The highest BCUT2D eigenvalue weighted by molar-refractivity contribution is 6.32. The van der Waals surface area contributed by atoms with Crippen LogP contribution in [0.4, 0.5) is 13.2 Å². The van der Waals surface area contributed by atoms with E-state index < -0.39 is 17.6 Å². The quantitative estimate of drug-likeness (QED) is 0.339. The van der Waals surface area contributed by atoms with E-state index in [2.05, 4.69) is 20.6 Å². The minimum Gasteiger partial charge on any atom is -0.360 e. The number of hydrogen-bond acceptors (Lipinski definition) is 3. The molecule has 31 heavy (non-hydrogen) atoms. The molecule has 4 rings (SSSR count). The third-order valence-electron chi connectivity index (χ3n) is 4.66. The molecule has 158 valence electrons. The van der Waals surface area contributed by atoms with Crippen LogP contribution in [-0.2, 0) is 6.18 Å². The van der Waals surface area contributed by atoms with E-state index in [1.54, 1.807) is 13.1 Å². The Bertz CT molecular complexity index is 1310. The van der Waals surface area contributed by atoms with Gasteiger partial charge in [0.25, 0.3) is 5.91 Å². The molecule has 0 saturated heterocycles. The number of halogens is 4. The Hall–Kier alpha value is -3.59. The van der Waals surface area contributed by atoms with Crippen LogP contribution in [-0.4, -0.2) is 26.9 Å². The average molecular weight is 446 g/mol. The Morgan fingerprint density at radius 1 is 1.23 bits per heavy atom. The van der Waals surface area contributed by atoms with Crippen LogP contribution in [0.25, 0.3) is 16.6 Å². The fourth-order valence-corrected chi connectivity index (χ4v) is 3.44. The summed E-state index contributed by atoms with van der Waals surface area (Å²) in [6.07, 6.45) is -1.59. The second-order valence-corrected chi connectivity index (χ2v) is 7.05. The zero-order chi connectivity index (χ0) is 22.2. The van der Waals surface area contributed by atoms with Crippen LogP contribution in [0, 0.1) is 6.92 Å². The largest absolute Gasteiger partial charge is 0.416 e. The molecule has 0 bridgehead atoms. The number of aromatic nitrogens is 3. The lowest BCUT2D eigenvalue weighted by Crippen LogP contribution is -2.17. The van der Waals surface area contributed by atoms with E-state index in [-0.39, 0.29) is 10.8 Å². The van der Waals surface area contributed by atoms with Crippen molar-refractivity contribution in [3.05, 3.63) is 82.3 Å². The first kappa shape index (κ1) is 20.7. The third-order valence-corrected chi connectivity index (χ3v) is 5.02. The molecule has 10 heteroatoms. The predicted molar refractivity (Wildman–Crippen MR) is 112 cm³/mol. The molecule has 2 aromatic heterocycles. The van der Waals surface area contributed by atoms with Gasteiger partial charge in [-0.3, -0.25) is 4.79 Å². The van der Waals surface area contributed by atoms with Crippen LogP contribution in [0.15, 0.2) is 59.8 Å². The number of para-hydroxylation sites is 1. The number of aryl methyl sites for hydroxylation is 1. The number of carbonyl (C=O) groups excluding carboxylic acids is 1. The van der Waals surface area contributed by atoms with Crippen LogP contribution in [0.1, 0.15) is 27.2 Å². The maximum atomic E-state index is 13.0. The third kappa shape index (κ3) is 4.04. The maximum absolute atomic E-state index is 13.0. The summed E-state index contributed by atoms with van der Waals surface area (Å²) in [4.78, 5) is 15.4. The van der Waals surface area contributed by atoms with Crippen molar-refractivity contribution in [3.8, 4) is 5.69 Å². The second kappa shape index (κ2) is 7.92. The summed E-state index contributed by atoms with van der Waals surface area (Å²) in [5.74, 6) is -0.423. The molecule has 0 aliphatic rings. The number of nitrogens with one attached hydrogen (secondary N) is 2. The summed E-state index contributed by atoms with van der Waals surface area (Å²) in [5, 5.41) is 8.96. The van der Waals surface area contributed by atoms with Crippen molar-refractivity contribution in [2.45, 2.75) is 13.1 Å². The molecule has 2 heterocycles. The highest BCUT2D eigenvalue weighted by Gasteiger charge is 2.30. The van der Waals surface area contributed by atoms with E-state index in [4.69, 9.17) is 11.6 Å². The van der Waals surface area contributed by atoms with Crippen molar-refractivity contribution < 1.29 is 18.0 Å². The molecule has 0 radical (unpaired) electrons. The van der Waals surface area contributed by atoms with E-state index in [0.717, 1.165) is 23.0 Å². The Morgan fingerprint density at radius 2 is 2.00 bits per heavy atom. The molecule has 2 aromatic carbocycles. The molecule has 0 aliphatic carbocycles. The molecular weight excluding hydrogens is 431 g/mol. The SMILES string of the molecule is Cc1nn(-c2cccc(C(F)(F)F)c2)c(Cl)c1/C=N/NC(=O)c1c[nH]c2ccccc12. The summed E-state index contributed by atoms with van der Waals surface area (Å²) in [7, 11) is 0. The normalized spacial score (nSPS) is 12.0. The maximum Gasteiger partial charge on any atom is 0.416 e. The van der Waals surface area contributed by atoms with Gasteiger partial charge in [0, 0.05) is 17.1 Å². The summed E-state index contributed by atoms with van der Waals surface area (Å²) >= 11 is 6.33. The van der Waals surface area contributed by atoms with E-state index >= 15 is 0 Å². The molecule has 0 saturated carbocycles. The molecule has 0 unspecified atom stereocenters. The van der Waals surface area contributed by atoms with Crippen LogP contribution >= 0.6 is 11.6 Å². The number of hydrazone groups is 1. The van der Waals surface area contributed by atoms with E-state index in [1.165, 1.54) is 23.0 Å². The van der Waals surface area contributed by atoms with Crippen molar-refractivity contribution in [1.82, 2.24) is 20.2 Å². The van der Waals surface area contributed by atoms with Crippen LogP contribution < -0.4 is 5.43 Å². The Morgan fingerprint density at radius 3 is 2.77 bits per heavy atom. The van der Waals surface area contributed by atoms with Gasteiger partial charge in [-0.15, -0.1) is 0 Å². The molecule has 4 aromatic rings. The Labute approximate surface area is 179 Å². The number of nitrogens with zero attached hydrogens (tertiary/aromatic N) is 3. The number of rotatable bonds is 4. The zero-order valence-corrected chi connectivity index (χ0v) is 16.8. The van der Waals surface area contributed by atoms with Gasteiger partial charge in [0.1, 0.15) is 5.15 Å². The van der Waals surface area contributed by atoms with Crippen LogP contribution in [0.5, 0.6) is 0 Å². The van der Waals surface area contributed by atoms with Gasteiger partial charge in [-0.05, 0) is 31.2 Å². The number of hydrogen-bond donors (Lipinski definition) is 2. The molecule has 0 aliphatic heterocycles. The number of amides is 1. The fourth-order valence-electron chi connectivity index (χ4n) is 3.12. The first-order valence-electron chi connectivity index (χ1n) is 9.08. The van der Waals surface area contributed by atoms with Crippen molar-refractivity contribution >= 4 is 34.6 Å². The van der Waals surface area contributed by atoms with Gasteiger partial charge in [0.15, 0.2) is 0 Å².